The van der Waals surface area contributed by atoms with Gasteiger partial charge >= 0.3 is 0 Å². The lowest BCUT2D eigenvalue weighted by Crippen LogP contribution is -2.44. The number of anilines is 3. The maximum Gasteiger partial charge on any atom is 0.236 e. The summed E-state index contributed by atoms with van der Waals surface area (Å²) in [6.07, 6.45) is 4.95. The molecule has 0 unspecified atom stereocenters. The van der Waals surface area contributed by atoms with Gasteiger partial charge in [0, 0.05) is 35.9 Å². The minimum Gasteiger partial charge on any atom is -0.356 e. The molecule has 2 aromatic rings. The number of likely N-dealkylation sites (tertiary alicyclic amines) is 1. The minimum absolute atomic E-state index is 0.186. The predicted octanol–water partition coefficient (Wildman–Crippen LogP) is 3.81. The van der Waals surface area contributed by atoms with Crippen LogP contribution in [-0.4, -0.2) is 47.1 Å². The molecule has 2 fully saturated rings. The first-order valence-corrected chi connectivity index (χ1v) is 9.90. The largest absolute Gasteiger partial charge is 0.356 e. The van der Waals surface area contributed by atoms with E-state index in [2.05, 4.69) is 31.2 Å². The Morgan fingerprint density at radius 3 is 2.41 bits per heavy atom. The van der Waals surface area contributed by atoms with Crippen molar-refractivity contribution in [3.8, 4) is 6.07 Å². The fraction of sp³-hybridized carbons (Fsp3) is 0.450. The Morgan fingerprint density at radius 1 is 1.04 bits per heavy atom. The summed E-state index contributed by atoms with van der Waals surface area (Å²) in [6.45, 7) is 4.41. The maximum atomic E-state index is 9.33. The van der Waals surface area contributed by atoms with Gasteiger partial charge < -0.3 is 15.1 Å². The van der Waals surface area contributed by atoms with Crippen molar-refractivity contribution in [2.75, 3.05) is 36.4 Å². The van der Waals surface area contributed by atoms with E-state index >= 15 is 0 Å². The summed E-state index contributed by atoms with van der Waals surface area (Å²) in [5.41, 5.74) is 0.876. The number of aromatic nitrogens is 2. The molecule has 0 aliphatic carbocycles. The smallest absolute Gasteiger partial charge is 0.236 e. The van der Waals surface area contributed by atoms with Crippen LogP contribution in [0.4, 0.5) is 17.3 Å². The molecule has 7 heteroatoms. The number of hydrogen-bond acceptors (Lipinski definition) is 6. The summed E-state index contributed by atoms with van der Waals surface area (Å²) in [5, 5.41) is 13.3. The molecule has 1 aromatic heterocycles. The van der Waals surface area contributed by atoms with E-state index in [1.54, 1.807) is 0 Å². The topological polar surface area (TPSA) is 68.1 Å². The van der Waals surface area contributed by atoms with E-state index in [1.165, 1.54) is 25.9 Å². The van der Waals surface area contributed by atoms with Crippen LogP contribution < -0.4 is 10.2 Å². The minimum atomic E-state index is 0.186. The number of halogens is 1. The maximum absolute atomic E-state index is 9.33. The molecule has 3 heterocycles. The third-order valence-electron chi connectivity index (χ3n) is 5.37. The Labute approximate surface area is 164 Å². The van der Waals surface area contributed by atoms with Crippen molar-refractivity contribution in [2.45, 2.75) is 31.7 Å². The van der Waals surface area contributed by atoms with Crippen molar-refractivity contribution in [1.29, 1.82) is 5.26 Å². The Bertz CT molecular complexity index is 817. The highest BCUT2D eigenvalue weighted by Crippen LogP contribution is 2.26. The van der Waals surface area contributed by atoms with Gasteiger partial charge in [-0.05, 0) is 63.0 Å². The number of hydrogen-bond donors (Lipinski definition) is 1. The highest BCUT2D eigenvalue weighted by atomic mass is 35.5. The van der Waals surface area contributed by atoms with Gasteiger partial charge in [-0.25, -0.2) is 9.97 Å². The molecule has 1 aromatic carbocycles. The van der Waals surface area contributed by atoms with Crippen LogP contribution in [-0.2, 0) is 0 Å². The van der Waals surface area contributed by atoms with E-state index in [9.17, 15) is 5.26 Å². The standard InChI is InChI=1S/C20H23ClN6/c21-15-3-5-16(6-4-15)23-18-13-20(25-19(14-22)24-18)27-11-7-17(8-12-27)26-9-1-2-10-26/h3-6,13,17H,1-2,7-12H2,(H,23,24,25). The summed E-state index contributed by atoms with van der Waals surface area (Å²) in [5.74, 6) is 1.63. The first-order valence-electron chi connectivity index (χ1n) is 9.52. The van der Waals surface area contributed by atoms with Crippen LogP contribution in [0.1, 0.15) is 31.5 Å². The fourth-order valence-electron chi connectivity index (χ4n) is 3.96. The first kappa shape index (κ1) is 18.0. The summed E-state index contributed by atoms with van der Waals surface area (Å²) < 4.78 is 0. The Balaban J connectivity index is 1.47. The van der Waals surface area contributed by atoms with Crippen LogP contribution >= 0.6 is 11.6 Å². The van der Waals surface area contributed by atoms with Gasteiger partial charge in [0.05, 0.1) is 0 Å². The number of nitrogens with one attached hydrogen (secondary N) is 1. The zero-order chi connectivity index (χ0) is 18.6. The molecule has 0 atom stereocenters. The summed E-state index contributed by atoms with van der Waals surface area (Å²) in [6, 6.07) is 12.1. The molecule has 0 radical (unpaired) electrons. The molecule has 1 N–H and O–H groups in total. The van der Waals surface area contributed by atoms with E-state index in [0.717, 1.165) is 37.4 Å². The molecule has 4 rings (SSSR count). The second-order valence-corrected chi connectivity index (χ2v) is 7.58. The molecular formula is C20H23ClN6. The highest BCUT2D eigenvalue weighted by molar-refractivity contribution is 6.30. The molecule has 27 heavy (non-hydrogen) atoms. The molecule has 2 aliphatic heterocycles. The molecular weight excluding hydrogens is 360 g/mol. The van der Waals surface area contributed by atoms with Crippen molar-refractivity contribution in [2.24, 2.45) is 0 Å². The predicted molar refractivity (Wildman–Crippen MR) is 108 cm³/mol. The van der Waals surface area contributed by atoms with Crippen LogP contribution in [0.2, 0.25) is 5.02 Å². The van der Waals surface area contributed by atoms with E-state index in [0.29, 0.717) is 16.9 Å². The molecule has 140 valence electrons. The second-order valence-electron chi connectivity index (χ2n) is 7.14. The van der Waals surface area contributed by atoms with Crippen molar-refractivity contribution in [1.82, 2.24) is 14.9 Å². The molecule has 0 spiro atoms. The first-order chi connectivity index (χ1) is 13.2. The number of nitrogens with zero attached hydrogens (tertiary/aromatic N) is 5. The van der Waals surface area contributed by atoms with Gasteiger partial charge in [-0.3, -0.25) is 0 Å². The Morgan fingerprint density at radius 2 is 1.74 bits per heavy atom. The van der Waals surface area contributed by atoms with Crippen LogP contribution in [0.15, 0.2) is 30.3 Å². The van der Waals surface area contributed by atoms with Crippen LogP contribution in [0.3, 0.4) is 0 Å². The fourth-order valence-corrected chi connectivity index (χ4v) is 4.08. The van der Waals surface area contributed by atoms with Gasteiger partial charge in [0.15, 0.2) is 0 Å². The van der Waals surface area contributed by atoms with E-state index in [-0.39, 0.29) is 5.82 Å². The molecule has 2 aliphatic rings. The third-order valence-corrected chi connectivity index (χ3v) is 5.63. The number of rotatable bonds is 4. The van der Waals surface area contributed by atoms with Crippen LogP contribution in [0.5, 0.6) is 0 Å². The lowest BCUT2D eigenvalue weighted by Gasteiger charge is -2.37. The van der Waals surface area contributed by atoms with Crippen LogP contribution in [0.25, 0.3) is 0 Å². The highest BCUT2D eigenvalue weighted by Gasteiger charge is 2.27. The van der Waals surface area contributed by atoms with Gasteiger partial charge in [-0.1, -0.05) is 11.6 Å². The van der Waals surface area contributed by atoms with E-state index < -0.39 is 0 Å². The zero-order valence-corrected chi connectivity index (χ0v) is 16.0. The second kappa shape index (κ2) is 8.12. The SMILES string of the molecule is N#Cc1nc(Nc2ccc(Cl)cc2)cc(N2CCC(N3CCCC3)CC2)n1. The quantitative estimate of drug-likeness (QED) is 0.867. The van der Waals surface area contributed by atoms with E-state index in [4.69, 9.17) is 11.6 Å². The average Bonchev–Trinajstić information content (AvgIpc) is 3.24. The van der Waals surface area contributed by atoms with Crippen molar-refractivity contribution in [3.05, 3.63) is 41.2 Å². The van der Waals surface area contributed by atoms with Crippen LogP contribution in [0, 0.1) is 11.3 Å². The molecule has 2 saturated heterocycles. The monoisotopic (exact) mass is 382 g/mol. The molecule has 0 saturated carbocycles. The lowest BCUT2D eigenvalue weighted by atomic mass is 10.0. The van der Waals surface area contributed by atoms with Gasteiger partial charge in [-0.2, -0.15) is 5.26 Å². The van der Waals surface area contributed by atoms with Gasteiger partial charge in [0.25, 0.3) is 0 Å². The van der Waals surface area contributed by atoms with Gasteiger partial charge in [0.1, 0.15) is 17.7 Å². The van der Waals surface area contributed by atoms with Crippen molar-refractivity contribution >= 4 is 28.9 Å². The Kier molecular flexibility index (Phi) is 5.42. The van der Waals surface area contributed by atoms with Gasteiger partial charge in [-0.15, -0.1) is 0 Å². The summed E-state index contributed by atoms with van der Waals surface area (Å²) in [7, 11) is 0. The normalized spacial score (nSPS) is 18.4. The molecule has 0 bridgehead atoms. The number of benzene rings is 1. The Hall–Kier alpha value is -2.36. The zero-order valence-electron chi connectivity index (χ0n) is 15.2. The van der Waals surface area contributed by atoms with Crippen molar-refractivity contribution in [3.63, 3.8) is 0 Å². The van der Waals surface area contributed by atoms with Crippen molar-refractivity contribution < 1.29 is 0 Å². The third kappa shape index (κ3) is 4.32. The molecule has 0 amide bonds. The average molecular weight is 383 g/mol. The molecule has 6 nitrogen and oxygen atoms in total. The summed E-state index contributed by atoms with van der Waals surface area (Å²) in [4.78, 5) is 13.6. The number of piperidine rings is 1. The van der Waals surface area contributed by atoms with E-state index in [1.807, 2.05) is 30.3 Å². The lowest BCUT2D eigenvalue weighted by molar-refractivity contribution is 0.207. The van der Waals surface area contributed by atoms with Gasteiger partial charge in [0.2, 0.25) is 5.82 Å². The summed E-state index contributed by atoms with van der Waals surface area (Å²) >= 11 is 5.94. The number of nitriles is 1.